The second-order valence-electron chi connectivity index (χ2n) is 5.74. The molecule has 1 saturated carbocycles. The Bertz CT molecular complexity index is 883. The van der Waals surface area contributed by atoms with Crippen molar-refractivity contribution in [3.63, 3.8) is 0 Å². The summed E-state index contributed by atoms with van der Waals surface area (Å²) in [5.41, 5.74) is 1.67. The molecule has 1 aromatic heterocycles. The molecule has 0 aliphatic heterocycles. The van der Waals surface area contributed by atoms with Crippen LogP contribution in [0.4, 0.5) is 13.2 Å². The van der Waals surface area contributed by atoms with E-state index in [1.807, 2.05) is 12.1 Å². The molecule has 0 atom stereocenters. The molecule has 148 valence electrons. The molecular weight excluding hydrogens is 385 g/mol. The van der Waals surface area contributed by atoms with E-state index in [1.165, 1.54) is 0 Å². The molecule has 1 heterocycles. The third-order valence-corrected chi connectivity index (χ3v) is 3.86. The molecule has 0 spiro atoms. The number of aromatic amines is 1. The number of nitriles is 1. The van der Waals surface area contributed by atoms with E-state index >= 15 is 0 Å². The molecule has 28 heavy (non-hydrogen) atoms. The molecule has 1 fully saturated rings. The number of carbonyl (C=O) groups is 2. The fraction of sp³-hybridized carbons (Fsp3) is 0.312. The van der Waals surface area contributed by atoms with Gasteiger partial charge in [0, 0.05) is 0 Å². The SMILES string of the molecule is N#Cc1ccc(C2CC(Oc3nn[nH]c3C(=O)O)C2)cc1.O=C(O)C(F)(F)F. The van der Waals surface area contributed by atoms with E-state index in [-0.39, 0.29) is 17.7 Å². The predicted octanol–water partition coefficient (Wildman–Crippen LogP) is 2.33. The van der Waals surface area contributed by atoms with Gasteiger partial charge in [-0.2, -0.15) is 18.4 Å². The van der Waals surface area contributed by atoms with Crippen molar-refractivity contribution in [1.29, 1.82) is 5.26 Å². The van der Waals surface area contributed by atoms with Crippen LogP contribution >= 0.6 is 0 Å². The lowest BCUT2D eigenvalue weighted by molar-refractivity contribution is -0.192. The van der Waals surface area contributed by atoms with Crippen LogP contribution in [0.3, 0.4) is 0 Å². The van der Waals surface area contributed by atoms with Gasteiger partial charge >= 0.3 is 18.1 Å². The second-order valence-corrected chi connectivity index (χ2v) is 5.74. The second kappa shape index (κ2) is 8.38. The fourth-order valence-corrected chi connectivity index (χ4v) is 2.36. The van der Waals surface area contributed by atoms with Gasteiger partial charge in [0.15, 0.2) is 0 Å². The van der Waals surface area contributed by atoms with Gasteiger partial charge < -0.3 is 14.9 Å². The third-order valence-electron chi connectivity index (χ3n) is 3.86. The average molecular weight is 398 g/mol. The zero-order valence-corrected chi connectivity index (χ0v) is 14.0. The summed E-state index contributed by atoms with van der Waals surface area (Å²) in [5, 5.41) is 34.2. The van der Waals surface area contributed by atoms with E-state index in [9.17, 15) is 18.0 Å². The first-order valence-electron chi connectivity index (χ1n) is 7.73. The van der Waals surface area contributed by atoms with Crippen molar-refractivity contribution in [1.82, 2.24) is 15.4 Å². The number of hydrogen-bond acceptors (Lipinski definition) is 6. The van der Waals surface area contributed by atoms with Crippen molar-refractivity contribution in [2.75, 3.05) is 0 Å². The number of carboxylic acids is 2. The topological polar surface area (TPSA) is 149 Å². The number of rotatable bonds is 4. The zero-order valence-electron chi connectivity index (χ0n) is 14.0. The first-order valence-corrected chi connectivity index (χ1v) is 7.73. The van der Waals surface area contributed by atoms with Crippen LogP contribution in [0.15, 0.2) is 24.3 Å². The zero-order chi connectivity index (χ0) is 20.9. The van der Waals surface area contributed by atoms with E-state index < -0.39 is 18.1 Å². The number of benzene rings is 1. The summed E-state index contributed by atoms with van der Waals surface area (Å²) >= 11 is 0. The van der Waals surface area contributed by atoms with Crippen molar-refractivity contribution in [2.24, 2.45) is 0 Å². The number of hydrogen-bond donors (Lipinski definition) is 3. The first kappa shape index (κ1) is 20.7. The Labute approximate surface area is 155 Å². The summed E-state index contributed by atoms with van der Waals surface area (Å²) in [7, 11) is 0. The first-order chi connectivity index (χ1) is 13.1. The highest BCUT2D eigenvalue weighted by Crippen LogP contribution is 2.39. The maximum atomic E-state index is 10.9. The molecule has 0 saturated heterocycles. The monoisotopic (exact) mass is 398 g/mol. The number of aliphatic carboxylic acids is 1. The highest BCUT2D eigenvalue weighted by molar-refractivity contribution is 5.87. The highest BCUT2D eigenvalue weighted by atomic mass is 19.4. The minimum absolute atomic E-state index is 0.0331. The maximum Gasteiger partial charge on any atom is 0.490 e. The molecule has 0 bridgehead atoms. The van der Waals surface area contributed by atoms with Gasteiger partial charge in [0.05, 0.1) is 11.6 Å². The standard InChI is InChI=1S/C14H12N4O3.C2HF3O2/c15-7-8-1-3-9(4-2-8)10-5-11(6-10)21-13-12(14(19)20)16-18-17-13;3-2(4,5)1(6)7/h1-4,10-11H,5-6H2,(H,19,20)(H,16,17,18);(H,6,7). The number of ether oxygens (including phenoxy) is 1. The molecule has 0 amide bonds. The lowest BCUT2D eigenvalue weighted by Crippen LogP contribution is -2.32. The summed E-state index contributed by atoms with van der Waals surface area (Å²) in [6.45, 7) is 0. The normalized spacial score (nSPS) is 18.1. The average Bonchev–Trinajstić information content (AvgIpc) is 3.06. The summed E-state index contributed by atoms with van der Waals surface area (Å²) in [6.07, 6.45) is -3.57. The quantitative estimate of drug-likeness (QED) is 0.710. The van der Waals surface area contributed by atoms with Crippen LogP contribution in [0.5, 0.6) is 5.88 Å². The van der Waals surface area contributed by atoms with Gasteiger partial charge in [-0.15, -0.1) is 0 Å². The van der Waals surface area contributed by atoms with Crippen LogP contribution in [0.2, 0.25) is 0 Å². The van der Waals surface area contributed by atoms with Crippen LogP contribution < -0.4 is 4.74 Å². The van der Waals surface area contributed by atoms with Gasteiger partial charge in [-0.05, 0) is 36.5 Å². The maximum absolute atomic E-state index is 10.9. The van der Waals surface area contributed by atoms with Crippen molar-refractivity contribution >= 4 is 11.9 Å². The molecule has 0 radical (unpaired) electrons. The Morgan fingerprint density at radius 3 is 2.25 bits per heavy atom. The van der Waals surface area contributed by atoms with E-state index in [4.69, 9.17) is 25.0 Å². The van der Waals surface area contributed by atoms with Gasteiger partial charge in [0.2, 0.25) is 5.69 Å². The van der Waals surface area contributed by atoms with Crippen molar-refractivity contribution in [3.8, 4) is 11.9 Å². The summed E-state index contributed by atoms with van der Waals surface area (Å²) in [6, 6.07) is 9.56. The van der Waals surface area contributed by atoms with E-state index in [1.54, 1.807) is 12.1 Å². The molecule has 1 aliphatic carbocycles. The lowest BCUT2D eigenvalue weighted by atomic mass is 9.77. The minimum Gasteiger partial charge on any atom is -0.476 e. The minimum atomic E-state index is -5.08. The van der Waals surface area contributed by atoms with Crippen molar-refractivity contribution in [2.45, 2.75) is 31.0 Å². The molecular formula is C16H13F3N4O5. The highest BCUT2D eigenvalue weighted by Gasteiger charge is 2.38. The van der Waals surface area contributed by atoms with E-state index in [0.717, 1.165) is 18.4 Å². The Balaban J connectivity index is 0.000000345. The lowest BCUT2D eigenvalue weighted by Gasteiger charge is -2.35. The number of carboxylic acid groups (broad SMARTS) is 2. The van der Waals surface area contributed by atoms with E-state index in [2.05, 4.69) is 21.5 Å². The number of aromatic nitrogens is 3. The third kappa shape index (κ3) is 5.19. The van der Waals surface area contributed by atoms with Gasteiger partial charge in [0.1, 0.15) is 6.10 Å². The number of alkyl halides is 3. The predicted molar refractivity (Wildman–Crippen MR) is 84.6 cm³/mol. The summed E-state index contributed by atoms with van der Waals surface area (Å²) < 4.78 is 37.3. The number of H-pyrrole nitrogens is 1. The van der Waals surface area contributed by atoms with E-state index in [0.29, 0.717) is 11.5 Å². The summed E-state index contributed by atoms with van der Waals surface area (Å²) in [4.78, 5) is 19.8. The largest absolute Gasteiger partial charge is 0.490 e. The van der Waals surface area contributed by atoms with Crippen molar-refractivity contribution < 1.29 is 37.7 Å². The molecule has 0 unspecified atom stereocenters. The number of nitrogens with one attached hydrogen (secondary N) is 1. The Hall–Kier alpha value is -3.62. The fourth-order valence-electron chi connectivity index (χ4n) is 2.36. The summed E-state index contributed by atoms with van der Waals surface area (Å²) in [5.74, 6) is -3.50. The van der Waals surface area contributed by atoms with Gasteiger partial charge in [-0.1, -0.05) is 22.4 Å². The van der Waals surface area contributed by atoms with Crippen LogP contribution in [0.25, 0.3) is 0 Å². The molecule has 2 aromatic rings. The Kier molecular flexibility index (Phi) is 6.19. The smallest absolute Gasteiger partial charge is 0.476 e. The molecule has 1 aliphatic rings. The molecule has 3 N–H and O–H groups in total. The number of halogens is 3. The van der Waals surface area contributed by atoms with Crippen molar-refractivity contribution in [3.05, 3.63) is 41.1 Å². The van der Waals surface area contributed by atoms with Crippen LogP contribution in [0.1, 0.15) is 40.4 Å². The molecule has 1 aromatic carbocycles. The number of aromatic carboxylic acids is 1. The Morgan fingerprint density at radius 1 is 1.21 bits per heavy atom. The van der Waals surface area contributed by atoms with Crippen LogP contribution in [-0.2, 0) is 4.79 Å². The molecule has 12 heteroatoms. The van der Waals surface area contributed by atoms with Gasteiger partial charge in [-0.3, -0.25) is 0 Å². The van der Waals surface area contributed by atoms with Gasteiger partial charge in [-0.25, -0.2) is 14.7 Å². The Morgan fingerprint density at radius 2 is 1.79 bits per heavy atom. The molecule has 3 rings (SSSR count). The van der Waals surface area contributed by atoms with Crippen LogP contribution in [-0.4, -0.2) is 49.8 Å². The molecule has 9 nitrogen and oxygen atoms in total. The number of nitrogens with zero attached hydrogens (tertiary/aromatic N) is 3. The van der Waals surface area contributed by atoms with Gasteiger partial charge in [0.25, 0.3) is 5.88 Å². The van der Waals surface area contributed by atoms with Crippen LogP contribution in [0, 0.1) is 11.3 Å².